The van der Waals surface area contributed by atoms with Crippen LogP contribution in [0.5, 0.6) is 5.75 Å². The monoisotopic (exact) mass is 445 g/mol. The van der Waals surface area contributed by atoms with Gasteiger partial charge >= 0.3 is 0 Å². The maximum Gasteiger partial charge on any atom is 0.277 e. The van der Waals surface area contributed by atoms with Crippen LogP contribution in [0.2, 0.25) is 5.02 Å². The lowest BCUT2D eigenvalue weighted by atomic mass is 9.97. The van der Waals surface area contributed by atoms with Crippen LogP contribution in [-0.2, 0) is 11.4 Å². The number of halogens is 1. The Labute approximate surface area is 185 Å². The minimum absolute atomic E-state index is 0.118. The number of hydrogen-bond acceptors (Lipinski definition) is 6. The highest BCUT2D eigenvalue weighted by atomic mass is 35.5. The van der Waals surface area contributed by atoms with Gasteiger partial charge in [0.2, 0.25) is 5.91 Å². The first-order chi connectivity index (χ1) is 14.5. The molecule has 1 amide bonds. The fourth-order valence-electron chi connectivity index (χ4n) is 2.72. The largest absolute Gasteiger partial charge is 0.484 e. The predicted molar refractivity (Wildman–Crippen MR) is 119 cm³/mol. The molecule has 1 N–H and O–H groups in total. The van der Waals surface area contributed by atoms with Crippen LogP contribution in [0, 0.1) is 0 Å². The second-order valence-corrected chi connectivity index (χ2v) is 8.58. The summed E-state index contributed by atoms with van der Waals surface area (Å²) in [6.45, 7) is 6.22. The highest BCUT2D eigenvalue weighted by Crippen LogP contribution is 2.28. The Balaban J connectivity index is 1.55. The summed E-state index contributed by atoms with van der Waals surface area (Å²) < 4.78 is 11.2. The molecule has 2 atom stereocenters. The van der Waals surface area contributed by atoms with Gasteiger partial charge in [-0.3, -0.25) is 4.79 Å². The van der Waals surface area contributed by atoms with E-state index in [0.29, 0.717) is 27.8 Å². The highest BCUT2D eigenvalue weighted by molar-refractivity contribution is 8.00. The number of rotatable bonds is 9. The van der Waals surface area contributed by atoms with E-state index >= 15 is 0 Å². The summed E-state index contributed by atoms with van der Waals surface area (Å²) >= 11 is 7.07. The van der Waals surface area contributed by atoms with Crippen LogP contribution in [0.3, 0.4) is 0 Å². The van der Waals surface area contributed by atoms with E-state index in [1.807, 2.05) is 24.3 Å². The quantitative estimate of drug-likeness (QED) is 0.411. The molecule has 2 unspecified atom stereocenters. The molecule has 0 saturated carbocycles. The Hall–Kier alpha value is -2.51. The third kappa shape index (κ3) is 6.00. The van der Waals surface area contributed by atoms with Crippen LogP contribution < -0.4 is 10.1 Å². The number of carbonyl (C=O) groups is 1. The molecule has 0 bridgehead atoms. The molecule has 0 radical (unpaired) electrons. The van der Waals surface area contributed by atoms with Crippen molar-refractivity contribution >= 4 is 35.0 Å². The molecule has 0 fully saturated rings. The molecule has 30 heavy (non-hydrogen) atoms. The van der Waals surface area contributed by atoms with E-state index in [-0.39, 0.29) is 12.5 Å². The number of thioether (sulfide) groups is 1. The molecule has 0 aliphatic rings. The maximum absolute atomic E-state index is 12.7. The van der Waals surface area contributed by atoms with E-state index in [1.165, 1.54) is 11.8 Å². The number of benzene rings is 2. The Morgan fingerprint density at radius 3 is 2.63 bits per heavy atom. The fourth-order valence-corrected chi connectivity index (χ4v) is 3.55. The van der Waals surface area contributed by atoms with Crippen molar-refractivity contribution in [3.05, 3.63) is 65.0 Å². The smallest absolute Gasteiger partial charge is 0.277 e. The number of nitrogens with one attached hydrogen (secondary N) is 1. The Morgan fingerprint density at radius 1 is 1.17 bits per heavy atom. The van der Waals surface area contributed by atoms with Crippen molar-refractivity contribution in [2.75, 3.05) is 5.32 Å². The normalized spacial score (nSPS) is 12.9. The molecule has 3 rings (SSSR count). The molecule has 3 aromatic rings. The van der Waals surface area contributed by atoms with Crippen molar-refractivity contribution in [1.82, 2.24) is 10.2 Å². The molecule has 1 aromatic heterocycles. The average Bonchev–Trinajstić information content (AvgIpc) is 3.20. The SMILES string of the molecule is CCC(C)c1ccccc1NC(=O)C(C)Sc1nnc(COc2ccc(Cl)cc2)o1. The van der Waals surface area contributed by atoms with Crippen molar-refractivity contribution in [3.8, 4) is 5.75 Å². The lowest BCUT2D eigenvalue weighted by molar-refractivity contribution is -0.115. The highest BCUT2D eigenvalue weighted by Gasteiger charge is 2.20. The van der Waals surface area contributed by atoms with Crippen LogP contribution in [0.1, 0.15) is 44.6 Å². The van der Waals surface area contributed by atoms with E-state index in [4.69, 9.17) is 20.8 Å². The van der Waals surface area contributed by atoms with Gasteiger partial charge in [0.1, 0.15) is 5.75 Å². The molecule has 0 aliphatic heterocycles. The summed E-state index contributed by atoms with van der Waals surface area (Å²) in [5, 5.41) is 11.5. The summed E-state index contributed by atoms with van der Waals surface area (Å²) in [5.41, 5.74) is 1.97. The van der Waals surface area contributed by atoms with E-state index in [9.17, 15) is 4.79 Å². The van der Waals surface area contributed by atoms with Crippen LogP contribution in [0.15, 0.2) is 58.2 Å². The summed E-state index contributed by atoms with van der Waals surface area (Å²) in [4.78, 5) is 12.7. The number of ether oxygens (including phenoxy) is 1. The van der Waals surface area contributed by atoms with E-state index in [2.05, 4.69) is 29.4 Å². The first kappa shape index (κ1) is 22.2. The lowest BCUT2D eigenvalue weighted by Crippen LogP contribution is -2.23. The number of hydrogen-bond donors (Lipinski definition) is 1. The first-order valence-corrected chi connectivity index (χ1v) is 11.0. The molecule has 6 nitrogen and oxygen atoms in total. The zero-order valence-corrected chi connectivity index (χ0v) is 18.7. The van der Waals surface area contributed by atoms with Gasteiger partial charge in [0, 0.05) is 10.7 Å². The van der Waals surface area contributed by atoms with Crippen molar-refractivity contribution in [2.24, 2.45) is 0 Å². The van der Waals surface area contributed by atoms with Crippen molar-refractivity contribution in [2.45, 2.75) is 50.2 Å². The summed E-state index contributed by atoms with van der Waals surface area (Å²) in [7, 11) is 0. The zero-order valence-electron chi connectivity index (χ0n) is 17.1. The van der Waals surface area contributed by atoms with Crippen LogP contribution in [0.25, 0.3) is 0 Å². The number of anilines is 1. The molecular weight excluding hydrogens is 422 g/mol. The lowest BCUT2D eigenvalue weighted by Gasteiger charge is -2.17. The van der Waals surface area contributed by atoms with E-state index in [1.54, 1.807) is 31.2 Å². The second-order valence-electron chi connectivity index (χ2n) is 6.85. The van der Waals surface area contributed by atoms with Gasteiger partial charge in [0.15, 0.2) is 6.61 Å². The maximum atomic E-state index is 12.7. The van der Waals surface area contributed by atoms with Crippen LogP contribution >= 0.6 is 23.4 Å². The van der Waals surface area contributed by atoms with Gasteiger partial charge in [-0.15, -0.1) is 10.2 Å². The minimum Gasteiger partial charge on any atom is -0.484 e. The molecule has 2 aromatic carbocycles. The molecule has 0 saturated heterocycles. The number of carbonyl (C=O) groups excluding carboxylic acids is 1. The van der Waals surface area contributed by atoms with Crippen LogP contribution in [-0.4, -0.2) is 21.4 Å². The number of para-hydroxylation sites is 1. The third-order valence-corrected chi connectivity index (χ3v) is 5.82. The summed E-state index contributed by atoms with van der Waals surface area (Å²) in [6.07, 6.45) is 1.00. The standard InChI is InChI=1S/C22H24ClN3O3S/c1-4-14(2)18-7-5-6-8-19(18)24-21(27)15(3)30-22-26-25-20(29-22)13-28-17-11-9-16(23)10-12-17/h5-12,14-15H,4,13H2,1-3H3,(H,24,27). The Kier molecular flexibility index (Phi) is 7.76. The van der Waals surface area contributed by atoms with Gasteiger partial charge in [-0.25, -0.2) is 0 Å². The van der Waals surface area contributed by atoms with Gasteiger partial charge in [-0.1, -0.05) is 55.4 Å². The van der Waals surface area contributed by atoms with E-state index < -0.39 is 5.25 Å². The van der Waals surface area contributed by atoms with Crippen molar-refractivity contribution < 1.29 is 13.9 Å². The molecular formula is C22H24ClN3O3S. The van der Waals surface area contributed by atoms with Gasteiger partial charge in [0.25, 0.3) is 11.1 Å². The first-order valence-electron chi connectivity index (χ1n) is 9.73. The molecule has 158 valence electrons. The van der Waals surface area contributed by atoms with Gasteiger partial charge in [-0.2, -0.15) is 0 Å². The molecule has 8 heteroatoms. The van der Waals surface area contributed by atoms with Gasteiger partial charge in [-0.05, 0) is 55.2 Å². The number of nitrogens with zero attached hydrogens (tertiary/aromatic N) is 2. The Morgan fingerprint density at radius 2 is 1.90 bits per heavy atom. The topological polar surface area (TPSA) is 77.2 Å². The molecule has 0 aliphatic carbocycles. The molecule has 0 spiro atoms. The Bertz CT molecular complexity index is 978. The summed E-state index contributed by atoms with van der Waals surface area (Å²) in [5.74, 6) is 1.23. The summed E-state index contributed by atoms with van der Waals surface area (Å²) in [6, 6.07) is 14.9. The van der Waals surface area contributed by atoms with Crippen molar-refractivity contribution in [3.63, 3.8) is 0 Å². The van der Waals surface area contributed by atoms with Gasteiger partial charge < -0.3 is 14.5 Å². The zero-order chi connectivity index (χ0) is 21.5. The third-order valence-electron chi connectivity index (χ3n) is 4.63. The average molecular weight is 446 g/mol. The fraction of sp³-hybridized carbons (Fsp3) is 0.318. The molecule has 1 heterocycles. The van der Waals surface area contributed by atoms with Crippen LogP contribution in [0.4, 0.5) is 5.69 Å². The van der Waals surface area contributed by atoms with Gasteiger partial charge in [0.05, 0.1) is 5.25 Å². The second kappa shape index (κ2) is 10.5. The number of aromatic nitrogens is 2. The predicted octanol–water partition coefficient (Wildman–Crippen LogP) is 5.93. The van der Waals surface area contributed by atoms with E-state index in [0.717, 1.165) is 17.7 Å². The number of amides is 1. The van der Waals surface area contributed by atoms with Crippen molar-refractivity contribution in [1.29, 1.82) is 0 Å². The minimum atomic E-state index is -0.402.